The lowest BCUT2D eigenvalue weighted by atomic mass is 10.1. The van der Waals surface area contributed by atoms with Crippen molar-refractivity contribution >= 4 is 27.6 Å². The van der Waals surface area contributed by atoms with Crippen molar-refractivity contribution in [2.24, 2.45) is 5.92 Å². The Bertz CT molecular complexity index is 779. The molecule has 23 heavy (non-hydrogen) atoms. The first-order valence-electron chi connectivity index (χ1n) is 7.30. The molecule has 122 valence electrons. The van der Waals surface area contributed by atoms with Gasteiger partial charge in [-0.15, -0.1) is 0 Å². The quantitative estimate of drug-likeness (QED) is 0.746. The summed E-state index contributed by atoms with van der Waals surface area (Å²) in [5.74, 6) is 0.605. The molecule has 5 nitrogen and oxygen atoms in total. The summed E-state index contributed by atoms with van der Waals surface area (Å²) in [5, 5.41) is 0. The Kier molecular flexibility index (Phi) is 4.57. The van der Waals surface area contributed by atoms with Gasteiger partial charge >= 0.3 is 0 Å². The van der Waals surface area contributed by atoms with Crippen molar-refractivity contribution in [1.82, 2.24) is 4.98 Å². The SMILES string of the molecule is COC(c1cccc(N(Cl)S(=O)(=O)c2ccccc2)n1)C1CC1. The lowest BCUT2D eigenvalue weighted by Crippen LogP contribution is -2.22. The second kappa shape index (κ2) is 6.47. The molecule has 3 rings (SSSR count). The zero-order valence-electron chi connectivity index (χ0n) is 12.6. The standard InChI is InChI=1S/C16H17ClN2O3S/c1-22-16(12-10-11-12)14-8-5-9-15(18-14)19(17)23(20,21)13-6-3-2-4-7-13/h2-9,12,16H,10-11H2,1H3. The summed E-state index contributed by atoms with van der Waals surface area (Å²) in [7, 11) is -2.21. The minimum absolute atomic E-state index is 0.118. The van der Waals surface area contributed by atoms with Gasteiger partial charge in [-0.2, -0.15) is 12.2 Å². The summed E-state index contributed by atoms with van der Waals surface area (Å²) < 4.78 is 31.3. The molecule has 2 aromatic rings. The molecule has 1 aromatic heterocycles. The Hall–Kier alpha value is -1.63. The van der Waals surface area contributed by atoms with Crippen molar-refractivity contribution in [3.63, 3.8) is 0 Å². The van der Waals surface area contributed by atoms with Crippen molar-refractivity contribution in [1.29, 1.82) is 0 Å². The van der Waals surface area contributed by atoms with E-state index in [1.165, 1.54) is 12.1 Å². The number of hydrogen-bond acceptors (Lipinski definition) is 4. The van der Waals surface area contributed by atoms with Crippen molar-refractivity contribution in [3.05, 3.63) is 54.2 Å². The van der Waals surface area contributed by atoms with Gasteiger partial charge in [-0.1, -0.05) is 24.3 Å². The number of sulfonamides is 1. The lowest BCUT2D eigenvalue weighted by Gasteiger charge is -2.18. The van der Waals surface area contributed by atoms with Crippen LogP contribution in [0.5, 0.6) is 0 Å². The smallest absolute Gasteiger partial charge is 0.279 e. The molecule has 0 radical (unpaired) electrons. The zero-order valence-corrected chi connectivity index (χ0v) is 14.2. The molecule has 1 aromatic carbocycles. The average molecular weight is 353 g/mol. The number of ether oxygens (including phenoxy) is 1. The fourth-order valence-electron chi connectivity index (χ4n) is 2.46. The summed E-state index contributed by atoms with van der Waals surface area (Å²) in [4.78, 5) is 4.50. The number of pyridine rings is 1. The van der Waals surface area contributed by atoms with E-state index in [9.17, 15) is 8.42 Å². The van der Waals surface area contributed by atoms with Gasteiger partial charge in [0.25, 0.3) is 10.0 Å². The summed E-state index contributed by atoms with van der Waals surface area (Å²) in [6, 6.07) is 13.2. The molecular formula is C16H17ClN2O3S. The molecule has 0 saturated heterocycles. The molecule has 0 N–H and O–H groups in total. The second-order valence-electron chi connectivity index (χ2n) is 5.45. The molecule has 1 fully saturated rings. The third-order valence-electron chi connectivity index (χ3n) is 3.78. The number of benzene rings is 1. The van der Waals surface area contributed by atoms with E-state index in [1.807, 2.05) is 6.07 Å². The van der Waals surface area contributed by atoms with Crippen molar-refractivity contribution in [2.75, 3.05) is 10.9 Å². The second-order valence-corrected chi connectivity index (χ2v) is 7.77. The molecule has 1 saturated carbocycles. The summed E-state index contributed by atoms with van der Waals surface area (Å²) in [6.07, 6.45) is 2.06. The van der Waals surface area contributed by atoms with Gasteiger partial charge < -0.3 is 4.74 Å². The van der Waals surface area contributed by atoms with Crippen molar-refractivity contribution < 1.29 is 13.2 Å². The maximum atomic E-state index is 12.6. The zero-order chi connectivity index (χ0) is 16.4. The third kappa shape index (κ3) is 3.34. The largest absolute Gasteiger partial charge is 0.375 e. The summed E-state index contributed by atoms with van der Waals surface area (Å²) >= 11 is 6.09. The van der Waals surface area contributed by atoms with Crippen molar-refractivity contribution in [3.8, 4) is 0 Å². The highest BCUT2D eigenvalue weighted by molar-refractivity contribution is 7.94. The molecule has 1 heterocycles. The van der Waals surface area contributed by atoms with Crippen LogP contribution in [0.4, 0.5) is 5.82 Å². The Morgan fingerprint density at radius 1 is 1.17 bits per heavy atom. The van der Waals surface area contributed by atoms with Crippen molar-refractivity contribution in [2.45, 2.75) is 23.8 Å². The van der Waals surface area contributed by atoms with E-state index in [-0.39, 0.29) is 16.8 Å². The highest BCUT2D eigenvalue weighted by Gasteiger charge is 2.34. The van der Waals surface area contributed by atoms with E-state index in [1.54, 1.807) is 37.4 Å². The van der Waals surface area contributed by atoms with Crippen LogP contribution in [0.1, 0.15) is 24.6 Å². The van der Waals surface area contributed by atoms with Crippen LogP contribution < -0.4 is 3.82 Å². The Morgan fingerprint density at radius 2 is 1.87 bits per heavy atom. The minimum Gasteiger partial charge on any atom is -0.375 e. The van der Waals surface area contributed by atoms with E-state index in [4.69, 9.17) is 16.5 Å². The normalized spacial score (nSPS) is 16.1. The molecule has 0 bridgehead atoms. The minimum atomic E-state index is -3.85. The molecule has 0 spiro atoms. The molecule has 1 atom stereocenters. The number of rotatable bonds is 6. The van der Waals surface area contributed by atoms with Gasteiger partial charge in [-0.25, -0.2) is 4.98 Å². The van der Waals surface area contributed by atoms with Gasteiger partial charge in [0, 0.05) is 18.9 Å². The number of hydrogen-bond donors (Lipinski definition) is 0. The third-order valence-corrected chi connectivity index (χ3v) is 5.98. The highest BCUT2D eigenvalue weighted by atomic mass is 35.5. The van der Waals surface area contributed by atoms with Crippen LogP contribution in [0.2, 0.25) is 0 Å². The maximum absolute atomic E-state index is 12.6. The Balaban J connectivity index is 1.92. The van der Waals surface area contributed by atoms with Gasteiger partial charge in [0.15, 0.2) is 5.82 Å². The average Bonchev–Trinajstić information content (AvgIpc) is 3.41. The van der Waals surface area contributed by atoms with Crippen LogP contribution in [0.3, 0.4) is 0 Å². The first kappa shape index (κ1) is 16.2. The van der Waals surface area contributed by atoms with Crippen LogP contribution in [-0.4, -0.2) is 20.5 Å². The van der Waals surface area contributed by atoms with Crippen LogP contribution in [0.25, 0.3) is 0 Å². The maximum Gasteiger partial charge on any atom is 0.279 e. The van der Waals surface area contributed by atoms with Crippen LogP contribution >= 0.6 is 11.8 Å². The molecule has 1 aliphatic rings. The number of methoxy groups -OCH3 is 1. The van der Waals surface area contributed by atoms with E-state index in [0.717, 1.165) is 12.8 Å². The fourth-order valence-corrected chi connectivity index (χ4v) is 3.83. The van der Waals surface area contributed by atoms with Crippen LogP contribution in [0.15, 0.2) is 53.4 Å². The number of nitrogens with zero attached hydrogens (tertiary/aromatic N) is 2. The predicted octanol–water partition coefficient (Wildman–Crippen LogP) is 3.53. The summed E-state index contributed by atoms with van der Waals surface area (Å²) in [5.41, 5.74) is 0.696. The molecule has 1 aliphatic carbocycles. The summed E-state index contributed by atoms with van der Waals surface area (Å²) in [6.45, 7) is 0. The van der Waals surface area contributed by atoms with E-state index in [2.05, 4.69) is 4.98 Å². The van der Waals surface area contributed by atoms with Gasteiger partial charge in [-0.3, -0.25) is 0 Å². The first-order valence-corrected chi connectivity index (χ1v) is 9.08. The van der Waals surface area contributed by atoms with Gasteiger partial charge in [0.05, 0.1) is 10.6 Å². The van der Waals surface area contributed by atoms with E-state index >= 15 is 0 Å². The monoisotopic (exact) mass is 352 g/mol. The van der Waals surface area contributed by atoms with Crippen LogP contribution in [0, 0.1) is 5.92 Å². The van der Waals surface area contributed by atoms with Gasteiger partial charge in [-0.05, 0) is 43.0 Å². The number of halogens is 1. The highest BCUT2D eigenvalue weighted by Crippen LogP contribution is 2.42. The molecule has 0 aliphatic heterocycles. The fraction of sp³-hybridized carbons (Fsp3) is 0.312. The van der Waals surface area contributed by atoms with Crippen LogP contribution in [-0.2, 0) is 14.8 Å². The lowest BCUT2D eigenvalue weighted by molar-refractivity contribution is 0.0812. The Morgan fingerprint density at radius 3 is 2.48 bits per heavy atom. The molecule has 1 unspecified atom stereocenters. The Labute approximate surface area is 141 Å². The van der Waals surface area contributed by atoms with E-state index < -0.39 is 10.0 Å². The number of aromatic nitrogens is 1. The molecule has 7 heteroatoms. The van der Waals surface area contributed by atoms with Gasteiger partial charge in [0.2, 0.25) is 0 Å². The molecule has 0 amide bonds. The predicted molar refractivity (Wildman–Crippen MR) is 88.7 cm³/mol. The number of anilines is 1. The molecular weight excluding hydrogens is 336 g/mol. The topological polar surface area (TPSA) is 59.5 Å². The first-order chi connectivity index (χ1) is 11.0. The van der Waals surface area contributed by atoms with Gasteiger partial charge in [0.1, 0.15) is 6.10 Å². The van der Waals surface area contributed by atoms with E-state index in [0.29, 0.717) is 15.4 Å².